The minimum absolute atomic E-state index is 0.300. The van der Waals surface area contributed by atoms with Gasteiger partial charge in [0.1, 0.15) is 11.6 Å². The van der Waals surface area contributed by atoms with Gasteiger partial charge < -0.3 is 10.0 Å². The highest BCUT2D eigenvalue weighted by Gasteiger charge is 2.26. The van der Waals surface area contributed by atoms with Crippen LogP contribution in [0.4, 0.5) is 10.2 Å². The highest BCUT2D eigenvalue weighted by molar-refractivity contribution is 5.71. The van der Waals surface area contributed by atoms with Gasteiger partial charge >= 0.3 is 5.97 Å². The van der Waals surface area contributed by atoms with Gasteiger partial charge in [-0.25, -0.2) is 14.4 Å². The normalized spacial score (nSPS) is 17.8. The maximum atomic E-state index is 13.1. The summed E-state index contributed by atoms with van der Waals surface area (Å²) in [4.78, 5) is 22.4. The Morgan fingerprint density at radius 3 is 2.75 bits per heavy atom. The molecule has 1 aromatic carbocycles. The molecule has 0 amide bonds. The number of benzene rings is 1. The van der Waals surface area contributed by atoms with Crippen molar-refractivity contribution in [1.29, 1.82) is 0 Å². The number of halogens is 1. The summed E-state index contributed by atoms with van der Waals surface area (Å²) in [7, 11) is 0. The monoisotopic (exact) mass is 329 g/mol. The SMILES string of the molecule is CCc1cc(N2CCCC(C(=O)O)C2)nc(-c2ccc(F)cc2)n1. The van der Waals surface area contributed by atoms with E-state index in [2.05, 4.69) is 9.97 Å². The first-order valence-corrected chi connectivity index (χ1v) is 8.18. The zero-order chi connectivity index (χ0) is 17.1. The van der Waals surface area contributed by atoms with Crippen LogP contribution in [0.2, 0.25) is 0 Å². The predicted molar refractivity (Wildman–Crippen MR) is 89.4 cm³/mol. The number of aliphatic carboxylic acids is 1. The van der Waals surface area contributed by atoms with Gasteiger partial charge in [0.25, 0.3) is 0 Å². The highest BCUT2D eigenvalue weighted by atomic mass is 19.1. The van der Waals surface area contributed by atoms with E-state index in [0.717, 1.165) is 36.5 Å². The van der Waals surface area contributed by atoms with Crippen LogP contribution < -0.4 is 4.90 Å². The fourth-order valence-corrected chi connectivity index (χ4v) is 2.94. The van der Waals surface area contributed by atoms with Gasteiger partial charge in [0.05, 0.1) is 5.92 Å². The van der Waals surface area contributed by atoms with Crippen LogP contribution in [0.3, 0.4) is 0 Å². The first-order valence-electron chi connectivity index (χ1n) is 8.18. The lowest BCUT2D eigenvalue weighted by molar-refractivity contribution is -0.141. The standard InChI is InChI=1S/C18H20FN3O2/c1-2-15-10-16(22-9-3-4-13(11-22)18(23)24)21-17(20-15)12-5-7-14(19)8-6-12/h5-8,10,13H,2-4,9,11H2,1H3,(H,23,24). The van der Waals surface area contributed by atoms with E-state index in [0.29, 0.717) is 18.8 Å². The Labute approximate surface area is 140 Å². The Morgan fingerprint density at radius 1 is 1.33 bits per heavy atom. The van der Waals surface area contributed by atoms with Crippen molar-refractivity contribution in [3.63, 3.8) is 0 Å². The largest absolute Gasteiger partial charge is 0.481 e. The molecule has 1 atom stereocenters. The molecule has 2 heterocycles. The van der Waals surface area contributed by atoms with Gasteiger partial charge in [-0.05, 0) is 43.5 Å². The number of carbonyl (C=O) groups is 1. The molecule has 2 aromatic rings. The van der Waals surface area contributed by atoms with E-state index in [1.54, 1.807) is 12.1 Å². The molecule has 0 spiro atoms. The van der Waals surface area contributed by atoms with Gasteiger partial charge in [0, 0.05) is 30.4 Å². The summed E-state index contributed by atoms with van der Waals surface area (Å²) in [6.45, 7) is 3.25. The number of rotatable bonds is 4. The number of nitrogens with zero attached hydrogens (tertiary/aromatic N) is 3. The van der Waals surface area contributed by atoms with Gasteiger partial charge in [-0.15, -0.1) is 0 Å². The van der Waals surface area contributed by atoms with E-state index in [9.17, 15) is 14.3 Å². The zero-order valence-corrected chi connectivity index (χ0v) is 13.6. The summed E-state index contributed by atoms with van der Waals surface area (Å²) in [5.41, 5.74) is 1.64. The lowest BCUT2D eigenvalue weighted by Gasteiger charge is -2.32. The van der Waals surface area contributed by atoms with Crippen molar-refractivity contribution in [1.82, 2.24) is 9.97 Å². The second-order valence-electron chi connectivity index (χ2n) is 6.02. The van der Waals surface area contributed by atoms with Crippen LogP contribution in [0.25, 0.3) is 11.4 Å². The third-order valence-electron chi connectivity index (χ3n) is 4.32. The van der Waals surface area contributed by atoms with Crippen LogP contribution in [-0.2, 0) is 11.2 Å². The molecule has 0 aliphatic carbocycles. The number of hydrogen-bond donors (Lipinski definition) is 1. The maximum absolute atomic E-state index is 13.1. The third-order valence-corrected chi connectivity index (χ3v) is 4.32. The summed E-state index contributed by atoms with van der Waals surface area (Å²) in [6.07, 6.45) is 2.27. The number of aryl methyl sites for hydroxylation is 1. The third kappa shape index (κ3) is 3.53. The highest BCUT2D eigenvalue weighted by Crippen LogP contribution is 2.25. The van der Waals surface area contributed by atoms with Crippen LogP contribution in [0.1, 0.15) is 25.5 Å². The molecular formula is C18H20FN3O2. The molecule has 1 saturated heterocycles. The molecule has 1 fully saturated rings. The Morgan fingerprint density at radius 2 is 2.08 bits per heavy atom. The average molecular weight is 329 g/mol. The molecule has 0 saturated carbocycles. The molecule has 1 aromatic heterocycles. The van der Waals surface area contributed by atoms with Crippen molar-refractivity contribution < 1.29 is 14.3 Å². The van der Waals surface area contributed by atoms with Crippen molar-refractivity contribution in [2.45, 2.75) is 26.2 Å². The molecule has 1 aliphatic rings. The molecule has 24 heavy (non-hydrogen) atoms. The quantitative estimate of drug-likeness (QED) is 0.933. The molecule has 0 bridgehead atoms. The predicted octanol–water partition coefficient (Wildman–Crippen LogP) is 3.15. The molecule has 0 radical (unpaired) electrons. The van der Waals surface area contributed by atoms with Crippen LogP contribution in [-0.4, -0.2) is 34.1 Å². The molecule has 3 rings (SSSR count). The summed E-state index contributed by atoms with van der Waals surface area (Å²) < 4.78 is 13.1. The van der Waals surface area contributed by atoms with E-state index in [-0.39, 0.29) is 11.7 Å². The lowest BCUT2D eigenvalue weighted by atomic mass is 9.98. The van der Waals surface area contributed by atoms with Gasteiger partial charge in [-0.3, -0.25) is 4.79 Å². The van der Waals surface area contributed by atoms with E-state index < -0.39 is 5.97 Å². The molecular weight excluding hydrogens is 309 g/mol. The Balaban J connectivity index is 1.94. The van der Waals surface area contributed by atoms with Crippen LogP contribution in [0.5, 0.6) is 0 Å². The number of piperidine rings is 1. The number of aromatic nitrogens is 2. The van der Waals surface area contributed by atoms with Crippen LogP contribution >= 0.6 is 0 Å². The molecule has 126 valence electrons. The van der Waals surface area contributed by atoms with Crippen molar-refractivity contribution in [2.24, 2.45) is 5.92 Å². The summed E-state index contributed by atoms with van der Waals surface area (Å²) in [5.74, 6) is -0.142. The molecule has 1 aliphatic heterocycles. The number of anilines is 1. The zero-order valence-electron chi connectivity index (χ0n) is 13.6. The van der Waals surface area contributed by atoms with Crippen molar-refractivity contribution in [2.75, 3.05) is 18.0 Å². The van der Waals surface area contributed by atoms with E-state index in [4.69, 9.17) is 0 Å². The number of carboxylic acids is 1. The minimum atomic E-state index is -0.761. The van der Waals surface area contributed by atoms with Crippen LogP contribution in [0.15, 0.2) is 30.3 Å². The topological polar surface area (TPSA) is 66.3 Å². The first kappa shape index (κ1) is 16.4. The number of hydrogen-bond acceptors (Lipinski definition) is 4. The van der Waals surface area contributed by atoms with E-state index in [1.165, 1.54) is 12.1 Å². The van der Waals surface area contributed by atoms with Gasteiger partial charge in [-0.2, -0.15) is 0 Å². The smallest absolute Gasteiger partial charge is 0.308 e. The Kier molecular flexibility index (Phi) is 4.74. The van der Waals surface area contributed by atoms with Crippen molar-refractivity contribution in [3.8, 4) is 11.4 Å². The fraction of sp³-hybridized carbons (Fsp3) is 0.389. The van der Waals surface area contributed by atoms with E-state index in [1.807, 2.05) is 17.9 Å². The summed E-state index contributed by atoms with van der Waals surface area (Å²) >= 11 is 0. The van der Waals surface area contributed by atoms with Crippen molar-refractivity contribution >= 4 is 11.8 Å². The fourth-order valence-electron chi connectivity index (χ4n) is 2.94. The van der Waals surface area contributed by atoms with Gasteiger partial charge in [-0.1, -0.05) is 6.92 Å². The second kappa shape index (κ2) is 6.95. The molecule has 1 N–H and O–H groups in total. The molecule has 5 nitrogen and oxygen atoms in total. The number of carboxylic acid groups (broad SMARTS) is 1. The second-order valence-corrected chi connectivity index (χ2v) is 6.02. The van der Waals surface area contributed by atoms with Gasteiger partial charge in [0.15, 0.2) is 5.82 Å². The summed E-state index contributed by atoms with van der Waals surface area (Å²) in [5, 5.41) is 9.27. The Hall–Kier alpha value is -2.50. The molecule has 6 heteroatoms. The maximum Gasteiger partial charge on any atom is 0.308 e. The minimum Gasteiger partial charge on any atom is -0.481 e. The Bertz CT molecular complexity index is 734. The summed E-state index contributed by atoms with van der Waals surface area (Å²) in [6, 6.07) is 8.00. The van der Waals surface area contributed by atoms with Crippen LogP contribution in [0, 0.1) is 11.7 Å². The van der Waals surface area contributed by atoms with Gasteiger partial charge in [0.2, 0.25) is 0 Å². The lowest BCUT2D eigenvalue weighted by Crippen LogP contribution is -2.39. The van der Waals surface area contributed by atoms with E-state index >= 15 is 0 Å². The molecule has 1 unspecified atom stereocenters. The average Bonchev–Trinajstić information content (AvgIpc) is 2.62. The van der Waals surface area contributed by atoms with Crippen molar-refractivity contribution in [3.05, 3.63) is 41.8 Å². The first-order chi connectivity index (χ1) is 11.6.